The summed E-state index contributed by atoms with van der Waals surface area (Å²) in [6.45, 7) is 3.09. The molecule has 0 bridgehead atoms. The minimum Gasteiger partial charge on any atom is -0.310 e. The van der Waals surface area contributed by atoms with Crippen LogP contribution in [0.2, 0.25) is 0 Å². The minimum absolute atomic E-state index is 0.194. The van der Waals surface area contributed by atoms with Crippen LogP contribution in [0.5, 0.6) is 0 Å². The number of halogens is 2. The highest BCUT2D eigenvalue weighted by molar-refractivity contribution is 9.10. The molecule has 0 spiro atoms. The molecular weight excluding hydrogens is 329 g/mol. The van der Waals surface area contributed by atoms with E-state index in [0.29, 0.717) is 6.04 Å². The van der Waals surface area contributed by atoms with E-state index in [1.807, 2.05) is 12.1 Å². The molecule has 0 amide bonds. The quantitative estimate of drug-likeness (QED) is 0.718. The van der Waals surface area contributed by atoms with Crippen molar-refractivity contribution in [2.24, 2.45) is 0 Å². The number of hydrogen-bond donors (Lipinski definition) is 1. The van der Waals surface area contributed by atoms with Gasteiger partial charge in [0.25, 0.3) is 0 Å². The van der Waals surface area contributed by atoms with Gasteiger partial charge in [-0.15, -0.1) is 0 Å². The lowest BCUT2D eigenvalue weighted by molar-refractivity contribution is 0.497. The van der Waals surface area contributed by atoms with Gasteiger partial charge in [0, 0.05) is 10.5 Å². The average molecular weight is 350 g/mol. The third-order valence-corrected chi connectivity index (χ3v) is 4.34. The minimum atomic E-state index is -0.194. The Morgan fingerprint density at radius 1 is 1.14 bits per heavy atom. The van der Waals surface area contributed by atoms with Gasteiger partial charge < -0.3 is 5.32 Å². The van der Waals surface area contributed by atoms with Gasteiger partial charge in [-0.25, -0.2) is 4.39 Å². The Hall–Kier alpha value is -1.19. The lowest BCUT2D eigenvalue weighted by Crippen LogP contribution is -2.20. The molecule has 0 aliphatic rings. The lowest BCUT2D eigenvalue weighted by Gasteiger charge is -2.18. The summed E-state index contributed by atoms with van der Waals surface area (Å²) in [6.07, 6.45) is 3.09. The number of aryl methyl sites for hydroxylation is 1. The van der Waals surface area contributed by atoms with Gasteiger partial charge in [-0.1, -0.05) is 59.3 Å². The summed E-state index contributed by atoms with van der Waals surface area (Å²) in [6, 6.07) is 15.9. The van der Waals surface area contributed by atoms with Crippen LogP contribution in [0.4, 0.5) is 4.39 Å². The Balaban J connectivity index is 1.93. The van der Waals surface area contributed by atoms with Gasteiger partial charge in [0.05, 0.1) is 0 Å². The summed E-state index contributed by atoms with van der Waals surface area (Å²) in [5, 5.41) is 3.54. The first kappa shape index (κ1) is 16.2. The van der Waals surface area contributed by atoms with Crippen molar-refractivity contribution in [2.75, 3.05) is 6.54 Å². The molecule has 3 heteroatoms. The van der Waals surface area contributed by atoms with Crippen LogP contribution in [0.3, 0.4) is 0 Å². The maximum absolute atomic E-state index is 13.1. The maximum atomic E-state index is 13.1. The van der Waals surface area contributed by atoms with Crippen LogP contribution in [-0.2, 0) is 6.42 Å². The van der Waals surface area contributed by atoms with Crippen molar-refractivity contribution in [3.05, 3.63) is 69.9 Å². The Bertz CT molecular complexity index is 556. The predicted octanol–water partition coefficient (Wildman–Crippen LogP) is 5.26. The van der Waals surface area contributed by atoms with Crippen molar-refractivity contribution < 1.29 is 4.39 Å². The fourth-order valence-electron chi connectivity index (χ4n) is 2.54. The molecule has 2 aromatic carbocycles. The zero-order valence-corrected chi connectivity index (χ0v) is 13.9. The van der Waals surface area contributed by atoms with Gasteiger partial charge >= 0.3 is 0 Å². The molecule has 21 heavy (non-hydrogen) atoms. The van der Waals surface area contributed by atoms with Crippen molar-refractivity contribution in [3.8, 4) is 0 Å². The summed E-state index contributed by atoms with van der Waals surface area (Å²) in [5.74, 6) is -0.194. The molecule has 0 saturated carbocycles. The van der Waals surface area contributed by atoms with Gasteiger partial charge in [0.1, 0.15) is 5.82 Å². The Morgan fingerprint density at radius 2 is 1.90 bits per heavy atom. The molecule has 0 heterocycles. The molecule has 0 aliphatic carbocycles. The fraction of sp³-hybridized carbons (Fsp3) is 0.333. The lowest BCUT2D eigenvalue weighted by atomic mass is 9.99. The smallest absolute Gasteiger partial charge is 0.124 e. The zero-order chi connectivity index (χ0) is 15.1. The Labute approximate surface area is 134 Å². The van der Waals surface area contributed by atoms with E-state index in [9.17, 15) is 4.39 Å². The molecular formula is C18H21BrFN. The highest BCUT2D eigenvalue weighted by Gasteiger charge is 2.10. The molecule has 2 aromatic rings. The third-order valence-electron chi connectivity index (χ3n) is 3.61. The van der Waals surface area contributed by atoms with Gasteiger partial charge in [0.2, 0.25) is 0 Å². The van der Waals surface area contributed by atoms with Gasteiger partial charge in [-0.2, -0.15) is 0 Å². The van der Waals surface area contributed by atoms with Crippen LogP contribution in [0.1, 0.15) is 36.9 Å². The average Bonchev–Trinajstić information content (AvgIpc) is 2.49. The highest BCUT2D eigenvalue weighted by Crippen LogP contribution is 2.23. The number of rotatable bonds is 7. The van der Waals surface area contributed by atoms with E-state index in [0.717, 1.165) is 30.3 Å². The second-order valence-corrected chi connectivity index (χ2v) is 6.00. The number of benzene rings is 2. The van der Waals surface area contributed by atoms with E-state index < -0.39 is 0 Å². The predicted molar refractivity (Wildman–Crippen MR) is 89.9 cm³/mol. The summed E-state index contributed by atoms with van der Waals surface area (Å²) in [5.41, 5.74) is 2.50. The number of nitrogens with one attached hydrogen (secondary N) is 1. The molecule has 0 saturated heterocycles. The van der Waals surface area contributed by atoms with Gasteiger partial charge in [0.15, 0.2) is 0 Å². The molecule has 0 fully saturated rings. The maximum Gasteiger partial charge on any atom is 0.124 e. The Kier molecular flexibility index (Phi) is 6.40. The fourth-order valence-corrected chi connectivity index (χ4v) is 3.09. The zero-order valence-electron chi connectivity index (χ0n) is 12.3. The van der Waals surface area contributed by atoms with Crippen molar-refractivity contribution in [1.29, 1.82) is 0 Å². The molecule has 112 valence electrons. The standard InChI is InChI=1S/C18H21BrFN/c1-2-21-18(15-7-4-3-5-8-15)10-6-9-14-11-12-16(20)13-17(14)19/h3-5,7-8,11-13,18,21H,2,6,9-10H2,1H3. The summed E-state index contributed by atoms with van der Waals surface area (Å²) >= 11 is 3.43. The highest BCUT2D eigenvalue weighted by atomic mass is 79.9. The summed E-state index contributed by atoms with van der Waals surface area (Å²) in [7, 11) is 0. The van der Waals surface area contributed by atoms with Crippen LogP contribution in [0, 0.1) is 5.82 Å². The third kappa shape index (κ3) is 4.94. The monoisotopic (exact) mass is 349 g/mol. The van der Waals surface area contributed by atoms with Gasteiger partial charge in [-0.05, 0) is 49.1 Å². The van der Waals surface area contributed by atoms with Crippen LogP contribution in [0.25, 0.3) is 0 Å². The molecule has 0 radical (unpaired) electrons. The van der Waals surface area contributed by atoms with Crippen LogP contribution < -0.4 is 5.32 Å². The van der Waals surface area contributed by atoms with E-state index in [1.165, 1.54) is 23.3 Å². The topological polar surface area (TPSA) is 12.0 Å². The molecule has 0 aromatic heterocycles. The van der Waals surface area contributed by atoms with Crippen LogP contribution in [-0.4, -0.2) is 6.54 Å². The van der Waals surface area contributed by atoms with Crippen LogP contribution in [0.15, 0.2) is 53.0 Å². The van der Waals surface area contributed by atoms with E-state index in [4.69, 9.17) is 0 Å². The summed E-state index contributed by atoms with van der Waals surface area (Å²) in [4.78, 5) is 0. The SMILES string of the molecule is CCNC(CCCc1ccc(F)cc1Br)c1ccccc1. The molecule has 1 unspecified atom stereocenters. The van der Waals surface area contributed by atoms with Crippen molar-refractivity contribution >= 4 is 15.9 Å². The first-order valence-electron chi connectivity index (χ1n) is 7.43. The van der Waals surface area contributed by atoms with Crippen LogP contribution >= 0.6 is 15.9 Å². The van der Waals surface area contributed by atoms with Gasteiger partial charge in [-0.3, -0.25) is 0 Å². The molecule has 2 rings (SSSR count). The molecule has 1 N–H and O–H groups in total. The van der Waals surface area contributed by atoms with Crippen molar-refractivity contribution in [2.45, 2.75) is 32.2 Å². The normalized spacial score (nSPS) is 12.3. The van der Waals surface area contributed by atoms with E-state index in [-0.39, 0.29) is 5.82 Å². The number of hydrogen-bond acceptors (Lipinski definition) is 1. The molecule has 0 aliphatic heterocycles. The summed E-state index contributed by atoms with van der Waals surface area (Å²) < 4.78 is 13.9. The van der Waals surface area contributed by atoms with E-state index in [2.05, 4.69) is 52.4 Å². The molecule has 1 atom stereocenters. The largest absolute Gasteiger partial charge is 0.310 e. The second-order valence-electron chi connectivity index (χ2n) is 5.15. The van der Waals surface area contributed by atoms with E-state index in [1.54, 1.807) is 0 Å². The first-order valence-corrected chi connectivity index (χ1v) is 8.22. The Morgan fingerprint density at radius 3 is 2.57 bits per heavy atom. The van der Waals surface area contributed by atoms with E-state index >= 15 is 0 Å². The molecule has 1 nitrogen and oxygen atoms in total. The first-order chi connectivity index (χ1) is 10.2. The van der Waals surface area contributed by atoms with Crippen molar-refractivity contribution in [1.82, 2.24) is 5.32 Å². The second kappa shape index (κ2) is 8.30. The van der Waals surface area contributed by atoms with Crippen molar-refractivity contribution in [3.63, 3.8) is 0 Å².